The number of nitrogens with zero attached hydrogens (tertiary/aromatic N) is 3. The van der Waals surface area contributed by atoms with Gasteiger partial charge in [-0.05, 0) is 11.6 Å². The van der Waals surface area contributed by atoms with Gasteiger partial charge in [-0.1, -0.05) is 11.6 Å². The van der Waals surface area contributed by atoms with Gasteiger partial charge in [-0.2, -0.15) is 4.98 Å². The highest BCUT2D eigenvalue weighted by Crippen LogP contribution is 2.33. The molecule has 1 fully saturated rings. The molecule has 0 atom stereocenters. The molecule has 1 aromatic rings. The number of alkyl halides is 2. The molecule has 0 unspecified atom stereocenters. The van der Waals surface area contributed by atoms with E-state index in [0.29, 0.717) is 0 Å². The van der Waals surface area contributed by atoms with E-state index < -0.39 is 5.92 Å². The second-order valence-corrected chi connectivity index (χ2v) is 4.08. The molecule has 1 saturated heterocycles. The molecule has 0 amide bonds. The quantitative estimate of drug-likeness (QED) is 0.721. The average molecular weight is 254 g/mol. The largest absolute Gasteiger partial charge is 0.349 e. The Morgan fingerprint density at radius 2 is 2.13 bits per heavy atom. The van der Waals surface area contributed by atoms with Gasteiger partial charge in [-0.25, -0.2) is 13.8 Å². The van der Waals surface area contributed by atoms with Crippen LogP contribution in [0.15, 0.2) is 6.20 Å². The molecule has 1 aliphatic heterocycles. The van der Waals surface area contributed by atoms with Gasteiger partial charge in [-0.15, -0.1) is 0 Å². The van der Waals surface area contributed by atoms with Gasteiger partial charge >= 0.3 is 0 Å². The van der Waals surface area contributed by atoms with Crippen LogP contribution in [0.5, 0.6) is 0 Å². The molecule has 0 aromatic carbocycles. The summed E-state index contributed by atoms with van der Waals surface area (Å²) >= 11 is 11.4. The van der Waals surface area contributed by atoms with Crippen molar-refractivity contribution < 1.29 is 8.78 Å². The minimum atomic E-state index is -2.68. The van der Waals surface area contributed by atoms with Crippen LogP contribution in [-0.2, 0) is 0 Å². The van der Waals surface area contributed by atoms with Crippen molar-refractivity contribution in [2.45, 2.75) is 12.3 Å². The molecule has 0 bridgehead atoms. The Morgan fingerprint density at radius 1 is 1.40 bits per heavy atom. The number of aromatic nitrogens is 2. The predicted octanol–water partition coefficient (Wildman–Crippen LogP) is 2.63. The van der Waals surface area contributed by atoms with Crippen molar-refractivity contribution in [1.29, 1.82) is 0 Å². The Hall–Kier alpha value is -0.680. The fraction of sp³-hybridized carbons (Fsp3) is 0.500. The lowest BCUT2D eigenvalue weighted by Gasteiger charge is -2.17. The molecule has 0 N–H and O–H groups in total. The third kappa shape index (κ3) is 2.29. The summed E-state index contributed by atoms with van der Waals surface area (Å²) in [7, 11) is 0. The van der Waals surface area contributed by atoms with Gasteiger partial charge in [0.2, 0.25) is 5.28 Å². The number of halogens is 4. The van der Waals surface area contributed by atoms with Crippen molar-refractivity contribution in [2.24, 2.45) is 0 Å². The zero-order chi connectivity index (χ0) is 11.1. The minimum Gasteiger partial charge on any atom is -0.349 e. The fourth-order valence-corrected chi connectivity index (χ4v) is 1.82. The second kappa shape index (κ2) is 3.72. The SMILES string of the molecule is FC1(F)CCN(c2nc(Cl)ncc2Cl)C1. The summed E-state index contributed by atoms with van der Waals surface area (Å²) in [5, 5.41) is 0.238. The van der Waals surface area contributed by atoms with Crippen LogP contribution >= 0.6 is 23.2 Å². The molecule has 7 heteroatoms. The molecule has 82 valence electrons. The summed E-state index contributed by atoms with van der Waals surface area (Å²) < 4.78 is 25.9. The molecule has 15 heavy (non-hydrogen) atoms. The Kier molecular flexibility index (Phi) is 2.68. The van der Waals surface area contributed by atoms with E-state index in [2.05, 4.69) is 9.97 Å². The second-order valence-electron chi connectivity index (χ2n) is 3.34. The predicted molar refractivity (Wildman–Crippen MR) is 53.8 cm³/mol. The third-order valence-corrected chi connectivity index (χ3v) is 2.61. The monoisotopic (exact) mass is 253 g/mol. The van der Waals surface area contributed by atoms with Crippen molar-refractivity contribution in [1.82, 2.24) is 9.97 Å². The van der Waals surface area contributed by atoms with Crippen LogP contribution < -0.4 is 4.90 Å². The van der Waals surface area contributed by atoms with E-state index in [1.165, 1.54) is 11.1 Å². The smallest absolute Gasteiger partial charge is 0.266 e. The topological polar surface area (TPSA) is 29.0 Å². The first-order valence-corrected chi connectivity index (χ1v) is 5.04. The van der Waals surface area contributed by atoms with Crippen molar-refractivity contribution in [3.8, 4) is 0 Å². The first-order valence-electron chi connectivity index (χ1n) is 4.29. The normalized spacial score (nSPS) is 19.6. The highest BCUT2D eigenvalue weighted by atomic mass is 35.5. The van der Waals surface area contributed by atoms with Gasteiger partial charge in [0, 0.05) is 13.0 Å². The lowest BCUT2D eigenvalue weighted by Crippen LogP contribution is -2.26. The zero-order valence-electron chi connectivity index (χ0n) is 7.55. The Bertz CT molecular complexity index is 386. The highest BCUT2D eigenvalue weighted by Gasteiger charge is 2.39. The molecule has 0 spiro atoms. The van der Waals surface area contributed by atoms with E-state index in [1.54, 1.807) is 0 Å². The van der Waals surface area contributed by atoms with E-state index in [4.69, 9.17) is 23.2 Å². The summed E-state index contributed by atoms with van der Waals surface area (Å²) in [5.74, 6) is -2.41. The molecular formula is C8H7Cl2F2N3. The van der Waals surface area contributed by atoms with Crippen molar-refractivity contribution in [3.05, 3.63) is 16.5 Å². The lowest BCUT2D eigenvalue weighted by atomic mass is 10.3. The van der Waals surface area contributed by atoms with Gasteiger partial charge in [0.1, 0.15) is 5.02 Å². The number of hydrogen-bond donors (Lipinski definition) is 0. The molecule has 0 radical (unpaired) electrons. The van der Waals surface area contributed by atoms with E-state index in [9.17, 15) is 8.78 Å². The molecular weight excluding hydrogens is 247 g/mol. The molecule has 0 aliphatic carbocycles. The molecule has 1 aliphatic rings. The van der Waals surface area contributed by atoms with E-state index in [-0.39, 0.29) is 35.6 Å². The van der Waals surface area contributed by atoms with Crippen molar-refractivity contribution in [2.75, 3.05) is 18.0 Å². The fourth-order valence-electron chi connectivity index (χ4n) is 1.48. The maximum absolute atomic E-state index is 13.0. The Labute approximate surface area is 95.0 Å². The number of rotatable bonds is 1. The highest BCUT2D eigenvalue weighted by molar-refractivity contribution is 6.33. The summed E-state index contributed by atoms with van der Waals surface area (Å²) in [5.41, 5.74) is 0. The van der Waals surface area contributed by atoms with Crippen LogP contribution in [0.25, 0.3) is 0 Å². The van der Waals surface area contributed by atoms with E-state index >= 15 is 0 Å². The standard InChI is InChI=1S/C8H7Cl2F2N3/c9-5-3-13-7(10)14-6(5)15-2-1-8(11,12)4-15/h3H,1-2,4H2. The van der Waals surface area contributed by atoms with Crippen LogP contribution in [0.4, 0.5) is 14.6 Å². The van der Waals surface area contributed by atoms with Gasteiger partial charge in [-0.3, -0.25) is 0 Å². The number of hydrogen-bond acceptors (Lipinski definition) is 3. The van der Waals surface area contributed by atoms with Gasteiger partial charge in [0.25, 0.3) is 5.92 Å². The van der Waals surface area contributed by atoms with Crippen LogP contribution in [0.2, 0.25) is 10.3 Å². The van der Waals surface area contributed by atoms with Gasteiger partial charge in [0.05, 0.1) is 12.7 Å². The molecule has 3 nitrogen and oxygen atoms in total. The summed E-state index contributed by atoms with van der Waals surface area (Å²) in [6, 6.07) is 0. The first-order chi connectivity index (χ1) is 6.98. The Balaban J connectivity index is 2.27. The van der Waals surface area contributed by atoms with Crippen molar-refractivity contribution in [3.63, 3.8) is 0 Å². The maximum Gasteiger partial charge on any atom is 0.266 e. The molecule has 2 rings (SSSR count). The zero-order valence-corrected chi connectivity index (χ0v) is 9.06. The van der Waals surface area contributed by atoms with Crippen LogP contribution in [0.1, 0.15) is 6.42 Å². The molecule has 2 heterocycles. The molecule has 1 aromatic heterocycles. The molecule has 0 saturated carbocycles. The third-order valence-electron chi connectivity index (χ3n) is 2.17. The van der Waals surface area contributed by atoms with Crippen LogP contribution in [0, 0.1) is 0 Å². The van der Waals surface area contributed by atoms with E-state index in [1.807, 2.05) is 0 Å². The van der Waals surface area contributed by atoms with Crippen LogP contribution in [0.3, 0.4) is 0 Å². The summed E-state index contributed by atoms with van der Waals surface area (Å²) in [6.45, 7) is -0.153. The minimum absolute atomic E-state index is 0.00427. The first kappa shape index (κ1) is 10.8. The Morgan fingerprint density at radius 3 is 2.73 bits per heavy atom. The van der Waals surface area contributed by atoms with Gasteiger partial charge < -0.3 is 4.90 Å². The van der Waals surface area contributed by atoms with Gasteiger partial charge in [0.15, 0.2) is 5.82 Å². The summed E-state index contributed by atoms with van der Waals surface area (Å²) in [6.07, 6.45) is 1.12. The van der Waals surface area contributed by atoms with Crippen molar-refractivity contribution >= 4 is 29.0 Å². The summed E-state index contributed by atoms with van der Waals surface area (Å²) in [4.78, 5) is 8.90. The maximum atomic E-state index is 13.0. The average Bonchev–Trinajstić information content (AvgIpc) is 2.50. The van der Waals surface area contributed by atoms with Crippen LogP contribution in [-0.4, -0.2) is 29.0 Å². The lowest BCUT2D eigenvalue weighted by molar-refractivity contribution is 0.0257. The van der Waals surface area contributed by atoms with E-state index in [0.717, 1.165) is 0 Å². The number of anilines is 1.